The van der Waals surface area contributed by atoms with Gasteiger partial charge >= 0.3 is 0 Å². The van der Waals surface area contributed by atoms with Crippen molar-refractivity contribution in [3.8, 4) is 0 Å². The number of hydrogen-bond donors (Lipinski definition) is 1. The van der Waals surface area contributed by atoms with E-state index in [0.29, 0.717) is 12.3 Å². The van der Waals surface area contributed by atoms with Gasteiger partial charge < -0.3 is 10.0 Å². The third-order valence-corrected chi connectivity index (χ3v) is 3.30. The van der Waals surface area contributed by atoms with Crippen LogP contribution in [-0.4, -0.2) is 29.4 Å². The number of aliphatic hydroxyl groups excluding tert-OH is 1. The van der Waals surface area contributed by atoms with E-state index < -0.39 is 6.10 Å². The number of nitrogens with zero attached hydrogens (tertiary/aromatic N) is 1. The van der Waals surface area contributed by atoms with Crippen LogP contribution in [0.15, 0.2) is 29.2 Å². The first-order valence-corrected chi connectivity index (χ1v) is 5.87. The van der Waals surface area contributed by atoms with Gasteiger partial charge in [-0.1, -0.05) is 12.1 Å². The lowest BCUT2D eigenvalue weighted by Crippen LogP contribution is -2.39. The molecule has 1 amide bonds. The van der Waals surface area contributed by atoms with Crippen molar-refractivity contribution in [3.63, 3.8) is 0 Å². The summed E-state index contributed by atoms with van der Waals surface area (Å²) in [5.41, 5.74) is 0.916. The Hall–Kier alpha value is -1.00. The molecule has 0 aromatic heterocycles. The molecule has 1 heterocycles. The van der Waals surface area contributed by atoms with Gasteiger partial charge in [-0.15, -0.1) is 11.8 Å². The standard InChI is InChI=1S/C11H13NO2S/c1-8(13)6-12-9-4-2-3-5-10(9)15-7-11(12)14/h2-5,8,13H,6-7H2,1H3. The second-order valence-electron chi connectivity index (χ2n) is 3.61. The van der Waals surface area contributed by atoms with Crippen molar-refractivity contribution in [3.05, 3.63) is 24.3 Å². The molecule has 80 valence electrons. The third-order valence-electron chi connectivity index (χ3n) is 2.26. The minimum absolute atomic E-state index is 0.0691. The molecule has 1 atom stereocenters. The quantitative estimate of drug-likeness (QED) is 0.826. The van der Waals surface area contributed by atoms with Gasteiger partial charge in [0.15, 0.2) is 0 Å². The smallest absolute Gasteiger partial charge is 0.237 e. The fraction of sp³-hybridized carbons (Fsp3) is 0.364. The van der Waals surface area contributed by atoms with Crippen LogP contribution in [0.25, 0.3) is 0 Å². The van der Waals surface area contributed by atoms with E-state index in [1.54, 1.807) is 23.6 Å². The first-order chi connectivity index (χ1) is 7.18. The molecule has 15 heavy (non-hydrogen) atoms. The van der Waals surface area contributed by atoms with Crippen LogP contribution in [0.4, 0.5) is 5.69 Å². The number of amides is 1. The Morgan fingerprint density at radius 2 is 2.27 bits per heavy atom. The lowest BCUT2D eigenvalue weighted by atomic mass is 10.2. The van der Waals surface area contributed by atoms with Gasteiger partial charge in [0.05, 0.1) is 24.1 Å². The predicted molar refractivity (Wildman–Crippen MR) is 61.2 cm³/mol. The number of rotatable bonds is 2. The van der Waals surface area contributed by atoms with Crippen LogP contribution in [0.3, 0.4) is 0 Å². The number of fused-ring (bicyclic) bond motifs is 1. The van der Waals surface area contributed by atoms with Crippen molar-refractivity contribution < 1.29 is 9.90 Å². The van der Waals surface area contributed by atoms with Gasteiger partial charge in [0, 0.05) is 4.90 Å². The summed E-state index contributed by atoms with van der Waals surface area (Å²) >= 11 is 1.55. The van der Waals surface area contributed by atoms with Crippen molar-refractivity contribution in [2.75, 3.05) is 17.2 Å². The van der Waals surface area contributed by atoms with Crippen molar-refractivity contribution in [2.45, 2.75) is 17.9 Å². The summed E-state index contributed by atoms with van der Waals surface area (Å²) in [4.78, 5) is 14.5. The Morgan fingerprint density at radius 1 is 1.53 bits per heavy atom. The number of thioether (sulfide) groups is 1. The van der Waals surface area contributed by atoms with E-state index in [4.69, 9.17) is 0 Å². The predicted octanol–water partition coefficient (Wildman–Crippen LogP) is 1.51. The lowest BCUT2D eigenvalue weighted by molar-refractivity contribution is -0.116. The van der Waals surface area contributed by atoms with Gasteiger partial charge in [0.2, 0.25) is 5.91 Å². The zero-order chi connectivity index (χ0) is 10.8. The number of hydrogen-bond acceptors (Lipinski definition) is 3. The van der Waals surface area contributed by atoms with Crippen LogP contribution in [-0.2, 0) is 4.79 Å². The van der Waals surface area contributed by atoms with E-state index in [9.17, 15) is 9.90 Å². The van der Waals surface area contributed by atoms with E-state index >= 15 is 0 Å². The van der Waals surface area contributed by atoms with Crippen molar-refractivity contribution in [2.24, 2.45) is 0 Å². The average Bonchev–Trinajstić information content (AvgIpc) is 2.22. The summed E-state index contributed by atoms with van der Waals surface area (Å²) in [6.45, 7) is 2.06. The monoisotopic (exact) mass is 223 g/mol. The Kier molecular flexibility index (Phi) is 2.98. The summed E-state index contributed by atoms with van der Waals surface area (Å²) < 4.78 is 0. The van der Waals surface area contributed by atoms with Crippen LogP contribution in [0.5, 0.6) is 0 Å². The molecule has 2 rings (SSSR count). The molecule has 1 unspecified atom stereocenters. The Morgan fingerprint density at radius 3 is 3.00 bits per heavy atom. The first-order valence-electron chi connectivity index (χ1n) is 4.89. The summed E-state index contributed by atoms with van der Waals surface area (Å²) in [6, 6.07) is 7.79. The largest absolute Gasteiger partial charge is 0.392 e. The molecular formula is C11H13NO2S. The Balaban J connectivity index is 2.33. The van der Waals surface area contributed by atoms with Crippen LogP contribution < -0.4 is 4.90 Å². The number of para-hydroxylation sites is 1. The number of anilines is 1. The third kappa shape index (κ3) is 2.16. The molecule has 0 bridgehead atoms. The summed E-state index contributed by atoms with van der Waals surface area (Å²) in [5.74, 6) is 0.531. The number of carbonyl (C=O) groups excluding carboxylic acids is 1. The van der Waals surface area contributed by atoms with E-state index in [1.165, 1.54) is 0 Å². The second-order valence-corrected chi connectivity index (χ2v) is 4.63. The maximum Gasteiger partial charge on any atom is 0.237 e. The topological polar surface area (TPSA) is 40.5 Å². The Bertz CT molecular complexity index is 379. The molecule has 1 N–H and O–H groups in total. The van der Waals surface area contributed by atoms with Gasteiger partial charge in [0.25, 0.3) is 0 Å². The van der Waals surface area contributed by atoms with Crippen molar-refractivity contribution >= 4 is 23.4 Å². The molecule has 1 aliphatic heterocycles. The molecule has 1 aliphatic rings. The summed E-state index contributed by atoms with van der Waals surface area (Å²) in [5, 5.41) is 9.35. The first kappa shape index (κ1) is 10.5. The maximum atomic E-state index is 11.7. The zero-order valence-electron chi connectivity index (χ0n) is 8.51. The summed E-state index contributed by atoms with van der Waals surface area (Å²) in [7, 11) is 0. The van der Waals surface area contributed by atoms with Gasteiger partial charge in [-0.3, -0.25) is 4.79 Å². The maximum absolute atomic E-state index is 11.7. The Labute approximate surface area is 93.1 Å². The molecule has 1 aromatic rings. The molecule has 0 fully saturated rings. The highest BCUT2D eigenvalue weighted by molar-refractivity contribution is 8.00. The number of β-amino-alcohol motifs (C(OH)–C–C–N with tert-alkyl or cyclic N) is 1. The van der Waals surface area contributed by atoms with Crippen LogP contribution in [0.2, 0.25) is 0 Å². The minimum Gasteiger partial charge on any atom is -0.392 e. The number of aliphatic hydroxyl groups is 1. The molecule has 1 aromatic carbocycles. The number of carbonyl (C=O) groups is 1. The lowest BCUT2D eigenvalue weighted by Gasteiger charge is -2.29. The molecule has 0 saturated heterocycles. The highest BCUT2D eigenvalue weighted by Gasteiger charge is 2.24. The van der Waals surface area contributed by atoms with Crippen LogP contribution >= 0.6 is 11.8 Å². The minimum atomic E-state index is -0.495. The molecule has 0 aliphatic carbocycles. The van der Waals surface area contributed by atoms with E-state index in [0.717, 1.165) is 10.6 Å². The molecule has 0 saturated carbocycles. The highest BCUT2D eigenvalue weighted by Crippen LogP contribution is 2.34. The van der Waals surface area contributed by atoms with Crippen molar-refractivity contribution in [1.29, 1.82) is 0 Å². The average molecular weight is 223 g/mol. The van der Waals surface area contributed by atoms with Gasteiger partial charge in [0.1, 0.15) is 0 Å². The molecule has 3 nitrogen and oxygen atoms in total. The van der Waals surface area contributed by atoms with E-state index in [1.807, 2.05) is 24.3 Å². The van der Waals surface area contributed by atoms with Gasteiger partial charge in [-0.2, -0.15) is 0 Å². The van der Waals surface area contributed by atoms with E-state index in [-0.39, 0.29) is 5.91 Å². The van der Waals surface area contributed by atoms with Gasteiger partial charge in [-0.25, -0.2) is 0 Å². The normalized spacial score (nSPS) is 17.5. The van der Waals surface area contributed by atoms with Crippen LogP contribution in [0, 0.1) is 0 Å². The van der Waals surface area contributed by atoms with Gasteiger partial charge in [-0.05, 0) is 19.1 Å². The SMILES string of the molecule is CC(O)CN1C(=O)CSc2ccccc21. The molecular weight excluding hydrogens is 210 g/mol. The molecule has 0 radical (unpaired) electrons. The molecule has 0 spiro atoms. The molecule has 4 heteroatoms. The van der Waals surface area contributed by atoms with Crippen LogP contribution in [0.1, 0.15) is 6.92 Å². The fourth-order valence-electron chi connectivity index (χ4n) is 1.62. The number of benzene rings is 1. The highest BCUT2D eigenvalue weighted by atomic mass is 32.2. The fourth-order valence-corrected chi connectivity index (χ4v) is 2.55. The summed E-state index contributed by atoms with van der Waals surface area (Å²) in [6.07, 6.45) is -0.495. The van der Waals surface area contributed by atoms with E-state index in [2.05, 4.69) is 0 Å². The second kappa shape index (κ2) is 4.24. The van der Waals surface area contributed by atoms with Crippen molar-refractivity contribution in [1.82, 2.24) is 0 Å². The zero-order valence-corrected chi connectivity index (χ0v) is 9.33.